The number of hydrogen-bond donors (Lipinski definition) is 1. The van der Waals surface area contributed by atoms with Crippen molar-refractivity contribution in [2.24, 2.45) is 0 Å². The Labute approximate surface area is 237 Å². The van der Waals surface area contributed by atoms with Crippen molar-refractivity contribution in [3.8, 4) is 0 Å². The zero-order valence-corrected chi connectivity index (χ0v) is 23.2. The first-order valence-corrected chi connectivity index (χ1v) is 15.2. The van der Waals surface area contributed by atoms with Gasteiger partial charge in [-0.25, -0.2) is 8.42 Å². The molecule has 1 unspecified atom stereocenters. The summed E-state index contributed by atoms with van der Waals surface area (Å²) in [5.74, 6) is -1.11. The highest BCUT2D eigenvalue weighted by Gasteiger charge is 2.42. The van der Waals surface area contributed by atoms with E-state index in [0.29, 0.717) is 5.56 Å². The normalized spacial score (nSPS) is 18.6. The molecule has 0 spiro atoms. The molecule has 0 saturated carbocycles. The molecule has 1 N–H and O–H groups in total. The Balaban J connectivity index is 1.34. The molecule has 0 bridgehead atoms. The lowest BCUT2D eigenvalue weighted by atomic mass is 9.95. The number of fused-ring (bicyclic) bond motifs is 1. The van der Waals surface area contributed by atoms with Gasteiger partial charge >= 0.3 is 0 Å². The van der Waals surface area contributed by atoms with Gasteiger partial charge in [0.25, 0.3) is 26.9 Å². The molecule has 0 radical (unpaired) electrons. The molecule has 14 heteroatoms. The molecular formula is C26H22N4O7S3. The van der Waals surface area contributed by atoms with E-state index in [1.54, 1.807) is 30.3 Å². The summed E-state index contributed by atoms with van der Waals surface area (Å²) < 4.78 is 28.4. The van der Waals surface area contributed by atoms with Crippen LogP contribution in [0.2, 0.25) is 0 Å². The number of nitro benzene ring substituents is 1. The number of nitrogens with one attached hydrogen (secondary N) is 1. The van der Waals surface area contributed by atoms with Gasteiger partial charge < -0.3 is 5.32 Å². The molecule has 2 aliphatic heterocycles. The standard InChI is InChI=1S/C26H22N4O7S3/c31-24(27-11-12-28-25(32)22(39-26(28)33)15-19-8-5-13-38-19)21-14-17-6-1-2-7-18(17)16-29(21)40(36,37)23-10-4-3-9-20(23)30(34)35/h1-10,13,15,21H,11-12,14,16H2,(H,27,31)/b22-15-. The molecule has 2 aliphatic rings. The molecule has 0 aliphatic carbocycles. The van der Waals surface area contributed by atoms with E-state index >= 15 is 0 Å². The van der Waals surface area contributed by atoms with Crippen molar-refractivity contribution in [3.63, 3.8) is 0 Å². The van der Waals surface area contributed by atoms with E-state index in [4.69, 9.17) is 0 Å². The summed E-state index contributed by atoms with van der Waals surface area (Å²) in [5.41, 5.74) is 0.876. The van der Waals surface area contributed by atoms with Crippen molar-refractivity contribution in [2.45, 2.75) is 23.9 Å². The van der Waals surface area contributed by atoms with Crippen molar-refractivity contribution in [1.82, 2.24) is 14.5 Å². The number of amides is 3. The van der Waals surface area contributed by atoms with Crippen molar-refractivity contribution < 1.29 is 27.7 Å². The van der Waals surface area contributed by atoms with Crippen molar-refractivity contribution in [1.29, 1.82) is 0 Å². The van der Waals surface area contributed by atoms with E-state index in [0.717, 1.165) is 43.5 Å². The molecule has 3 aromatic rings. The van der Waals surface area contributed by atoms with Crippen LogP contribution in [0, 0.1) is 10.1 Å². The topological polar surface area (TPSA) is 147 Å². The van der Waals surface area contributed by atoms with E-state index in [-0.39, 0.29) is 31.0 Å². The number of carbonyl (C=O) groups excluding carboxylic acids is 3. The predicted octanol–water partition coefficient (Wildman–Crippen LogP) is 3.62. The second-order valence-electron chi connectivity index (χ2n) is 8.90. The number of carbonyl (C=O) groups is 3. The van der Waals surface area contributed by atoms with Crippen LogP contribution >= 0.6 is 23.1 Å². The molecule has 1 fully saturated rings. The maximum atomic E-state index is 13.7. The minimum atomic E-state index is -4.46. The Hall–Kier alpha value is -3.85. The Morgan fingerprint density at radius 3 is 2.52 bits per heavy atom. The van der Waals surface area contributed by atoms with Crippen LogP contribution in [-0.2, 0) is 32.6 Å². The summed E-state index contributed by atoms with van der Waals surface area (Å²) in [7, 11) is -4.46. The molecule has 2 aromatic carbocycles. The first-order valence-electron chi connectivity index (χ1n) is 12.1. The van der Waals surface area contributed by atoms with Crippen molar-refractivity contribution >= 4 is 61.9 Å². The van der Waals surface area contributed by atoms with Crippen LogP contribution in [0.4, 0.5) is 10.5 Å². The molecule has 1 atom stereocenters. The van der Waals surface area contributed by atoms with E-state index < -0.39 is 48.6 Å². The predicted molar refractivity (Wildman–Crippen MR) is 150 cm³/mol. The van der Waals surface area contributed by atoms with E-state index in [1.807, 2.05) is 17.5 Å². The lowest BCUT2D eigenvalue weighted by molar-refractivity contribution is -0.387. The number of sulfonamides is 1. The smallest absolute Gasteiger partial charge is 0.293 e. The maximum absolute atomic E-state index is 13.7. The molecule has 40 heavy (non-hydrogen) atoms. The lowest BCUT2D eigenvalue weighted by Crippen LogP contribution is -2.53. The number of hydrogen-bond acceptors (Lipinski definition) is 9. The molecule has 3 amide bonds. The monoisotopic (exact) mass is 598 g/mol. The summed E-state index contributed by atoms with van der Waals surface area (Å²) in [4.78, 5) is 51.0. The third kappa shape index (κ3) is 5.43. The van der Waals surface area contributed by atoms with E-state index in [1.165, 1.54) is 23.5 Å². The zero-order chi connectivity index (χ0) is 28.4. The van der Waals surface area contributed by atoms with Gasteiger partial charge in [0.05, 0.1) is 9.83 Å². The third-order valence-electron chi connectivity index (χ3n) is 6.48. The number of imide groups is 1. The van der Waals surface area contributed by atoms with Crippen LogP contribution in [0.1, 0.15) is 16.0 Å². The largest absolute Gasteiger partial charge is 0.353 e. The van der Waals surface area contributed by atoms with Gasteiger partial charge in [-0.05, 0) is 52.9 Å². The number of thioether (sulfide) groups is 1. The fourth-order valence-corrected chi connectivity index (χ4v) is 7.84. The Kier molecular flexibility index (Phi) is 7.85. The summed E-state index contributed by atoms with van der Waals surface area (Å²) in [6, 6.07) is 14.5. The maximum Gasteiger partial charge on any atom is 0.293 e. The average molecular weight is 599 g/mol. The van der Waals surface area contributed by atoms with Gasteiger partial charge in [-0.15, -0.1) is 11.3 Å². The fourth-order valence-electron chi connectivity index (χ4n) is 4.53. The Morgan fingerprint density at radius 1 is 1.07 bits per heavy atom. The number of thiophene rings is 1. The zero-order valence-electron chi connectivity index (χ0n) is 20.8. The molecule has 11 nitrogen and oxygen atoms in total. The van der Waals surface area contributed by atoms with Crippen LogP contribution in [0.3, 0.4) is 0 Å². The van der Waals surface area contributed by atoms with Crippen LogP contribution < -0.4 is 5.32 Å². The van der Waals surface area contributed by atoms with Gasteiger partial charge in [-0.3, -0.25) is 29.4 Å². The van der Waals surface area contributed by atoms with E-state index in [9.17, 15) is 32.9 Å². The number of rotatable bonds is 8. The van der Waals surface area contributed by atoms with Crippen LogP contribution in [0.5, 0.6) is 0 Å². The first-order chi connectivity index (χ1) is 19.2. The van der Waals surface area contributed by atoms with Gasteiger partial charge in [-0.2, -0.15) is 4.31 Å². The number of para-hydroxylation sites is 1. The van der Waals surface area contributed by atoms with Crippen LogP contribution in [-0.4, -0.2) is 58.7 Å². The Bertz CT molecular complexity index is 1640. The van der Waals surface area contributed by atoms with Crippen molar-refractivity contribution in [3.05, 3.63) is 97.1 Å². The highest BCUT2D eigenvalue weighted by molar-refractivity contribution is 8.18. The fraction of sp³-hybridized carbons (Fsp3) is 0.192. The molecule has 1 saturated heterocycles. The second kappa shape index (κ2) is 11.3. The molecule has 3 heterocycles. The van der Waals surface area contributed by atoms with Crippen LogP contribution in [0.15, 0.2) is 75.8 Å². The first kappa shape index (κ1) is 27.7. The Morgan fingerprint density at radius 2 is 1.80 bits per heavy atom. The minimum absolute atomic E-state index is 0.0486. The van der Waals surface area contributed by atoms with Gasteiger partial charge in [0.1, 0.15) is 6.04 Å². The summed E-state index contributed by atoms with van der Waals surface area (Å²) in [5, 5.41) is 15.6. The molecule has 5 rings (SSSR count). The molecule has 206 valence electrons. The SMILES string of the molecule is O=C(NCCN1C(=O)S/C(=C\c2cccs2)C1=O)C1Cc2ccccc2CN1S(=O)(=O)c1ccccc1[N+](=O)[O-]. The molecule has 1 aromatic heterocycles. The quantitative estimate of drug-likeness (QED) is 0.235. The van der Waals surface area contributed by atoms with Gasteiger partial charge in [0.2, 0.25) is 5.91 Å². The highest BCUT2D eigenvalue weighted by atomic mass is 32.2. The number of nitro groups is 1. The van der Waals surface area contributed by atoms with Crippen molar-refractivity contribution in [2.75, 3.05) is 13.1 Å². The van der Waals surface area contributed by atoms with Gasteiger partial charge in [-0.1, -0.05) is 42.5 Å². The third-order valence-corrected chi connectivity index (χ3v) is 10.1. The second-order valence-corrected chi connectivity index (χ2v) is 12.7. The number of nitrogens with zero attached hydrogens (tertiary/aromatic N) is 3. The highest BCUT2D eigenvalue weighted by Crippen LogP contribution is 2.34. The van der Waals surface area contributed by atoms with E-state index in [2.05, 4.69) is 5.32 Å². The summed E-state index contributed by atoms with van der Waals surface area (Å²) in [6.07, 6.45) is 1.69. The summed E-state index contributed by atoms with van der Waals surface area (Å²) >= 11 is 2.24. The van der Waals surface area contributed by atoms with Crippen LogP contribution in [0.25, 0.3) is 6.08 Å². The number of benzene rings is 2. The minimum Gasteiger partial charge on any atom is -0.353 e. The average Bonchev–Trinajstić information content (AvgIpc) is 3.55. The lowest BCUT2D eigenvalue weighted by Gasteiger charge is -2.35. The molecular weight excluding hydrogens is 577 g/mol. The summed E-state index contributed by atoms with van der Waals surface area (Å²) in [6.45, 7) is -0.349. The van der Waals surface area contributed by atoms with Gasteiger partial charge in [0, 0.05) is 30.6 Å². The van der Waals surface area contributed by atoms with Gasteiger partial charge in [0.15, 0.2) is 4.90 Å².